The zero-order valence-electron chi connectivity index (χ0n) is 12.8. The predicted octanol–water partition coefficient (Wildman–Crippen LogP) is 3.32. The van der Waals surface area contributed by atoms with Crippen LogP contribution in [-0.4, -0.2) is 22.8 Å². The van der Waals surface area contributed by atoms with E-state index in [-0.39, 0.29) is 11.3 Å². The van der Waals surface area contributed by atoms with Gasteiger partial charge in [-0.15, -0.1) is 6.42 Å². The third kappa shape index (κ3) is 2.23. The Morgan fingerprint density at radius 1 is 1.26 bits per heavy atom. The molecule has 0 radical (unpaired) electrons. The quantitative estimate of drug-likeness (QED) is 0.584. The first-order chi connectivity index (χ1) is 11.1. The minimum Gasteiger partial charge on any atom is -0.507 e. The third-order valence-electron chi connectivity index (χ3n) is 3.91. The molecule has 23 heavy (non-hydrogen) atoms. The number of terminal acetylenes is 1. The number of hydrogen-bond acceptors (Lipinski definition) is 3. The van der Waals surface area contributed by atoms with Crippen LogP contribution in [0.15, 0.2) is 42.5 Å². The summed E-state index contributed by atoms with van der Waals surface area (Å²) in [6.45, 7) is 0. The number of aryl methyl sites for hydroxylation is 1. The fourth-order valence-electron chi connectivity index (χ4n) is 2.82. The van der Waals surface area contributed by atoms with Crippen molar-refractivity contribution in [3.05, 3.63) is 53.6 Å². The standard InChI is InChI=1S/C19H15NO3/c1-4-13-14-10-15(19(22)23-3)17(21)11-16(14)20(2)18(13)12-8-6-5-7-9-12/h1,5-11,21H,2-3H3. The molecule has 0 aliphatic carbocycles. The number of rotatable bonds is 2. The van der Waals surface area contributed by atoms with Crippen molar-refractivity contribution in [2.24, 2.45) is 7.05 Å². The van der Waals surface area contributed by atoms with Crippen LogP contribution in [0.3, 0.4) is 0 Å². The maximum absolute atomic E-state index is 11.8. The lowest BCUT2D eigenvalue weighted by atomic mass is 10.0. The van der Waals surface area contributed by atoms with E-state index in [4.69, 9.17) is 11.2 Å². The first-order valence-electron chi connectivity index (χ1n) is 7.04. The van der Waals surface area contributed by atoms with Crippen LogP contribution in [0.25, 0.3) is 22.2 Å². The largest absolute Gasteiger partial charge is 0.507 e. The fourth-order valence-corrected chi connectivity index (χ4v) is 2.82. The molecule has 114 valence electrons. The molecular weight excluding hydrogens is 290 g/mol. The second-order valence-electron chi connectivity index (χ2n) is 5.17. The van der Waals surface area contributed by atoms with Gasteiger partial charge >= 0.3 is 5.97 Å². The summed E-state index contributed by atoms with van der Waals surface area (Å²) in [6, 6.07) is 12.9. The Morgan fingerprint density at radius 2 is 1.96 bits per heavy atom. The highest BCUT2D eigenvalue weighted by atomic mass is 16.5. The topological polar surface area (TPSA) is 51.5 Å². The van der Waals surface area contributed by atoms with Crippen LogP contribution in [-0.2, 0) is 11.8 Å². The first kappa shape index (κ1) is 14.7. The van der Waals surface area contributed by atoms with Crippen LogP contribution in [0.4, 0.5) is 0 Å². The van der Waals surface area contributed by atoms with Gasteiger partial charge in [0.15, 0.2) is 0 Å². The number of hydrogen-bond donors (Lipinski definition) is 1. The molecule has 0 amide bonds. The molecule has 2 aromatic carbocycles. The van der Waals surface area contributed by atoms with Gasteiger partial charge in [-0.05, 0) is 11.6 Å². The average molecular weight is 305 g/mol. The van der Waals surface area contributed by atoms with Gasteiger partial charge in [-0.2, -0.15) is 0 Å². The van der Waals surface area contributed by atoms with Gasteiger partial charge < -0.3 is 14.4 Å². The molecule has 1 aromatic heterocycles. The molecule has 0 saturated heterocycles. The number of fused-ring (bicyclic) bond motifs is 1. The van der Waals surface area contributed by atoms with Crippen LogP contribution in [0.1, 0.15) is 15.9 Å². The smallest absolute Gasteiger partial charge is 0.341 e. The van der Waals surface area contributed by atoms with E-state index >= 15 is 0 Å². The lowest BCUT2D eigenvalue weighted by Crippen LogP contribution is -2.01. The van der Waals surface area contributed by atoms with Crippen LogP contribution < -0.4 is 0 Å². The lowest BCUT2D eigenvalue weighted by Gasteiger charge is -2.06. The number of ether oxygens (including phenoxy) is 1. The third-order valence-corrected chi connectivity index (χ3v) is 3.91. The molecule has 4 nitrogen and oxygen atoms in total. The van der Waals surface area contributed by atoms with Gasteiger partial charge in [0.05, 0.1) is 23.9 Å². The highest BCUT2D eigenvalue weighted by Gasteiger charge is 2.20. The molecule has 1 N–H and O–H groups in total. The van der Waals surface area contributed by atoms with Gasteiger partial charge in [0.25, 0.3) is 0 Å². The number of carbonyl (C=O) groups excluding carboxylic acids is 1. The summed E-state index contributed by atoms with van der Waals surface area (Å²) in [6.07, 6.45) is 5.72. The minimum atomic E-state index is -0.600. The zero-order valence-corrected chi connectivity index (χ0v) is 12.8. The van der Waals surface area contributed by atoms with E-state index in [1.165, 1.54) is 13.2 Å². The highest BCUT2D eigenvalue weighted by molar-refractivity contribution is 6.02. The van der Waals surface area contributed by atoms with E-state index in [1.54, 1.807) is 6.07 Å². The second kappa shape index (κ2) is 5.54. The number of aromatic nitrogens is 1. The van der Waals surface area contributed by atoms with Crippen molar-refractivity contribution in [1.82, 2.24) is 4.57 Å². The summed E-state index contributed by atoms with van der Waals surface area (Å²) in [5, 5.41) is 10.8. The number of methoxy groups -OCH3 is 1. The van der Waals surface area contributed by atoms with Gasteiger partial charge in [0.1, 0.15) is 11.3 Å². The Morgan fingerprint density at radius 3 is 2.57 bits per heavy atom. The van der Waals surface area contributed by atoms with Gasteiger partial charge in [-0.25, -0.2) is 4.79 Å². The van der Waals surface area contributed by atoms with Crippen molar-refractivity contribution in [1.29, 1.82) is 0 Å². The average Bonchev–Trinajstić information content (AvgIpc) is 2.85. The molecule has 3 aromatic rings. The normalized spacial score (nSPS) is 10.5. The molecule has 1 heterocycles. The number of phenolic OH excluding ortho intramolecular Hbond substituents is 1. The summed E-state index contributed by atoms with van der Waals surface area (Å²) < 4.78 is 6.62. The van der Waals surface area contributed by atoms with Crippen LogP contribution in [0, 0.1) is 12.3 Å². The molecule has 0 aliphatic heterocycles. The van der Waals surface area contributed by atoms with E-state index in [2.05, 4.69) is 5.92 Å². The zero-order chi connectivity index (χ0) is 16.6. The molecule has 0 bridgehead atoms. The molecule has 0 atom stereocenters. The molecule has 0 aliphatic rings. The minimum absolute atomic E-state index is 0.0988. The Balaban J connectivity index is 2.39. The van der Waals surface area contributed by atoms with Crippen molar-refractivity contribution < 1.29 is 14.6 Å². The molecule has 0 fully saturated rings. The predicted molar refractivity (Wildman–Crippen MR) is 89.3 cm³/mol. The van der Waals surface area contributed by atoms with Crippen molar-refractivity contribution in [2.45, 2.75) is 0 Å². The summed E-state index contributed by atoms with van der Waals surface area (Å²) in [5.41, 5.74) is 3.37. The Hall–Kier alpha value is -3.19. The van der Waals surface area contributed by atoms with E-state index in [0.29, 0.717) is 5.56 Å². The molecule has 0 saturated carbocycles. The van der Waals surface area contributed by atoms with Gasteiger partial charge in [-0.3, -0.25) is 0 Å². The summed E-state index contributed by atoms with van der Waals surface area (Å²) in [4.78, 5) is 11.8. The number of phenols is 1. The van der Waals surface area contributed by atoms with Crippen molar-refractivity contribution in [2.75, 3.05) is 7.11 Å². The van der Waals surface area contributed by atoms with Crippen molar-refractivity contribution in [3.8, 4) is 29.4 Å². The number of esters is 1. The van der Waals surface area contributed by atoms with Gasteiger partial charge in [0, 0.05) is 18.5 Å². The molecule has 3 rings (SSSR count). The van der Waals surface area contributed by atoms with Crippen molar-refractivity contribution in [3.63, 3.8) is 0 Å². The maximum atomic E-state index is 11.8. The number of carbonyl (C=O) groups is 1. The number of benzene rings is 2. The Kier molecular flexibility index (Phi) is 3.55. The summed E-state index contributed by atoms with van der Waals surface area (Å²) >= 11 is 0. The number of nitrogens with zero attached hydrogens (tertiary/aromatic N) is 1. The monoisotopic (exact) mass is 305 g/mol. The molecule has 0 unspecified atom stereocenters. The van der Waals surface area contributed by atoms with Crippen LogP contribution >= 0.6 is 0 Å². The van der Waals surface area contributed by atoms with E-state index < -0.39 is 5.97 Å². The highest BCUT2D eigenvalue weighted by Crippen LogP contribution is 2.35. The number of aromatic hydroxyl groups is 1. The molecule has 0 spiro atoms. The molecule has 4 heteroatoms. The van der Waals surface area contributed by atoms with Crippen molar-refractivity contribution >= 4 is 16.9 Å². The SMILES string of the molecule is C#Cc1c(-c2ccccc2)n(C)c2cc(O)c(C(=O)OC)cc12. The van der Waals surface area contributed by atoms with Gasteiger partial charge in [0.2, 0.25) is 0 Å². The summed E-state index contributed by atoms with van der Waals surface area (Å²) in [5.74, 6) is 1.98. The second-order valence-corrected chi connectivity index (χ2v) is 5.17. The maximum Gasteiger partial charge on any atom is 0.341 e. The lowest BCUT2D eigenvalue weighted by molar-refractivity contribution is 0.0597. The Labute approximate surface area is 133 Å². The van der Waals surface area contributed by atoms with E-state index in [9.17, 15) is 9.90 Å². The van der Waals surface area contributed by atoms with E-state index in [1.807, 2.05) is 41.9 Å². The molecular formula is C19H15NO3. The van der Waals surface area contributed by atoms with Gasteiger partial charge in [-0.1, -0.05) is 36.3 Å². The Bertz CT molecular complexity index is 946. The fraction of sp³-hybridized carbons (Fsp3) is 0.105. The summed E-state index contributed by atoms with van der Waals surface area (Å²) in [7, 11) is 3.15. The van der Waals surface area contributed by atoms with Crippen LogP contribution in [0.2, 0.25) is 0 Å². The van der Waals surface area contributed by atoms with Crippen LogP contribution in [0.5, 0.6) is 5.75 Å². The van der Waals surface area contributed by atoms with E-state index in [0.717, 1.165) is 22.2 Å². The first-order valence-corrected chi connectivity index (χ1v) is 7.04.